The van der Waals surface area contributed by atoms with Gasteiger partial charge in [0, 0.05) is 31.5 Å². The van der Waals surface area contributed by atoms with Crippen LogP contribution in [0, 0.1) is 0 Å². The van der Waals surface area contributed by atoms with Crippen LogP contribution in [0.2, 0.25) is 0 Å². The molecular formula is C12H23O6P3+2. The summed E-state index contributed by atoms with van der Waals surface area (Å²) in [6.45, 7) is 9.35. The van der Waals surface area contributed by atoms with Crippen molar-refractivity contribution in [2.75, 3.05) is 40.0 Å². The van der Waals surface area contributed by atoms with Crippen LogP contribution in [0.4, 0.5) is 0 Å². The van der Waals surface area contributed by atoms with Gasteiger partial charge in [0.25, 0.3) is 0 Å². The molecule has 0 spiro atoms. The van der Waals surface area contributed by atoms with Crippen molar-refractivity contribution in [3.8, 4) is 17.2 Å². The van der Waals surface area contributed by atoms with Crippen molar-refractivity contribution >= 4 is 22.8 Å². The maximum atomic E-state index is 11.8. The Bertz CT molecular complexity index is 507. The third kappa shape index (κ3) is 8.60. The molecule has 0 bridgehead atoms. The van der Waals surface area contributed by atoms with Crippen LogP contribution in [-0.2, 0) is 4.57 Å². The Balaban J connectivity index is 3.16. The van der Waals surface area contributed by atoms with Crippen molar-refractivity contribution in [2.24, 2.45) is 0 Å². The lowest BCUT2D eigenvalue weighted by Crippen LogP contribution is -2.00. The maximum Gasteiger partial charge on any atom is 0.310 e. The number of hydrogen-bond acceptors (Lipinski definition) is 6. The predicted molar refractivity (Wildman–Crippen MR) is 89.8 cm³/mol. The molecule has 1 aromatic carbocycles. The standard InChI is InChI=1S/C12H23O6P3/c1-19(2,13)16-10-7-11(17-20(3,4)14)9-12(8-10)18-21(5,6)15/h7-9,13-14H,1-6H3/q+2. The van der Waals surface area contributed by atoms with E-state index in [1.807, 2.05) is 0 Å². The van der Waals surface area contributed by atoms with Gasteiger partial charge < -0.3 is 13.6 Å². The van der Waals surface area contributed by atoms with E-state index in [0.717, 1.165) is 0 Å². The topological polar surface area (TPSA) is 85.2 Å². The molecule has 9 heteroatoms. The first-order chi connectivity index (χ1) is 9.23. The van der Waals surface area contributed by atoms with E-state index >= 15 is 0 Å². The van der Waals surface area contributed by atoms with Crippen LogP contribution in [-0.4, -0.2) is 49.8 Å². The second-order valence-corrected chi connectivity index (χ2v) is 14.0. The summed E-state index contributed by atoms with van der Waals surface area (Å²) in [7, 11) is -7.77. The molecule has 0 atom stereocenters. The monoisotopic (exact) mass is 356 g/mol. The summed E-state index contributed by atoms with van der Waals surface area (Å²) in [4.78, 5) is 19.7. The van der Waals surface area contributed by atoms with Crippen LogP contribution >= 0.6 is 22.8 Å². The van der Waals surface area contributed by atoms with Gasteiger partial charge in [0.2, 0.25) is 7.37 Å². The Morgan fingerprint density at radius 1 is 0.857 bits per heavy atom. The van der Waals surface area contributed by atoms with E-state index in [0.29, 0.717) is 17.2 Å². The highest BCUT2D eigenvalue weighted by molar-refractivity contribution is 7.64. The lowest BCUT2D eigenvalue weighted by molar-refractivity contribution is 0.454. The summed E-state index contributed by atoms with van der Waals surface area (Å²) in [6, 6.07) is 4.62. The Kier molecular flexibility index (Phi) is 5.69. The van der Waals surface area contributed by atoms with Gasteiger partial charge in [-0.3, -0.25) is 4.57 Å². The molecule has 6 nitrogen and oxygen atoms in total. The molecule has 0 radical (unpaired) electrons. The summed E-state index contributed by atoms with van der Waals surface area (Å²) in [5.41, 5.74) is 0. The van der Waals surface area contributed by atoms with Gasteiger partial charge in [0.15, 0.2) is 11.5 Å². The Labute approximate surface area is 126 Å². The van der Waals surface area contributed by atoms with Crippen molar-refractivity contribution < 1.29 is 27.9 Å². The van der Waals surface area contributed by atoms with E-state index in [4.69, 9.17) is 13.6 Å². The smallest absolute Gasteiger partial charge is 0.310 e. The van der Waals surface area contributed by atoms with Gasteiger partial charge in [0.1, 0.15) is 32.4 Å². The summed E-state index contributed by atoms with van der Waals surface area (Å²) in [5, 5.41) is 0. The fourth-order valence-corrected chi connectivity index (χ4v) is 3.33. The van der Waals surface area contributed by atoms with Gasteiger partial charge in [-0.1, -0.05) is 0 Å². The third-order valence-electron chi connectivity index (χ3n) is 1.84. The van der Waals surface area contributed by atoms with Gasteiger partial charge in [-0.25, -0.2) is 9.79 Å². The number of rotatable bonds is 6. The summed E-state index contributed by atoms with van der Waals surface area (Å²) < 4.78 is 28.1. The van der Waals surface area contributed by atoms with Crippen LogP contribution in [0.25, 0.3) is 0 Å². The molecule has 0 aromatic heterocycles. The molecule has 2 N–H and O–H groups in total. The maximum absolute atomic E-state index is 11.8. The second kappa shape index (κ2) is 6.40. The fourth-order valence-electron chi connectivity index (χ4n) is 1.47. The summed E-state index contributed by atoms with van der Waals surface area (Å²) in [5.74, 6) is 0.980. The van der Waals surface area contributed by atoms with E-state index < -0.39 is 22.8 Å². The minimum absolute atomic E-state index is 0.303. The fraction of sp³-hybridized carbons (Fsp3) is 0.500. The Morgan fingerprint density at radius 3 is 1.48 bits per heavy atom. The van der Waals surface area contributed by atoms with E-state index in [1.165, 1.54) is 25.5 Å². The van der Waals surface area contributed by atoms with Crippen LogP contribution < -0.4 is 13.6 Å². The second-order valence-electron chi connectivity index (χ2n) is 5.75. The zero-order valence-corrected chi connectivity index (χ0v) is 15.8. The predicted octanol–water partition coefficient (Wildman–Crippen LogP) is 3.56. The normalized spacial score (nSPS) is 13.0. The lowest BCUT2D eigenvalue weighted by Gasteiger charge is -2.16. The SMILES string of the molecule is CP(C)(=O)Oc1cc(O[P+](C)(C)O)cc(O[P+](C)(C)O)c1. The van der Waals surface area contributed by atoms with Crippen LogP contribution in [0.15, 0.2) is 18.2 Å². The molecule has 1 rings (SSSR count). The van der Waals surface area contributed by atoms with Crippen molar-refractivity contribution in [1.82, 2.24) is 0 Å². The van der Waals surface area contributed by atoms with E-state index in [2.05, 4.69) is 0 Å². The first-order valence-electron chi connectivity index (χ1n) is 6.16. The van der Waals surface area contributed by atoms with Crippen LogP contribution in [0.5, 0.6) is 17.2 Å². The van der Waals surface area contributed by atoms with Gasteiger partial charge in [0.05, 0.1) is 0 Å². The Hall–Kier alpha value is -0.370. The van der Waals surface area contributed by atoms with Crippen LogP contribution in [0.3, 0.4) is 0 Å². The quantitative estimate of drug-likeness (QED) is 0.758. The van der Waals surface area contributed by atoms with Crippen molar-refractivity contribution in [2.45, 2.75) is 0 Å². The highest BCUT2D eigenvalue weighted by atomic mass is 31.2. The van der Waals surface area contributed by atoms with E-state index in [-0.39, 0.29) is 0 Å². The van der Waals surface area contributed by atoms with Crippen LogP contribution in [0.1, 0.15) is 0 Å². The highest BCUT2D eigenvalue weighted by Crippen LogP contribution is 2.52. The van der Waals surface area contributed by atoms with Crippen molar-refractivity contribution in [1.29, 1.82) is 0 Å². The van der Waals surface area contributed by atoms with Gasteiger partial charge in [-0.2, -0.15) is 0 Å². The molecule has 0 saturated heterocycles. The molecule has 0 saturated carbocycles. The van der Waals surface area contributed by atoms with E-state index in [9.17, 15) is 14.4 Å². The molecular weight excluding hydrogens is 333 g/mol. The average Bonchev–Trinajstić information content (AvgIpc) is 2.06. The minimum Gasteiger partial charge on any atom is -0.443 e. The molecule has 0 fully saturated rings. The molecule has 0 heterocycles. The van der Waals surface area contributed by atoms with Gasteiger partial charge in [-0.15, -0.1) is 0 Å². The first-order valence-corrected chi connectivity index (χ1v) is 13.8. The molecule has 0 aliphatic carbocycles. The lowest BCUT2D eigenvalue weighted by atomic mass is 10.3. The third-order valence-corrected chi connectivity index (χ3v) is 3.80. The minimum atomic E-state index is -2.75. The highest BCUT2D eigenvalue weighted by Gasteiger charge is 2.28. The molecule has 0 aliphatic heterocycles. The largest absolute Gasteiger partial charge is 0.443 e. The van der Waals surface area contributed by atoms with Gasteiger partial charge in [-0.05, 0) is 0 Å². The van der Waals surface area contributed by atoms with Crippen molar-refractivity contribution in [3.63, 3.8) is 0 Å². The zero-order valence-electron chi connectivity index (χ0n) is 13.1. The molecule has 1 aromatic rings. The van der Waals surface area contributed by atoms with Crippen molar-refractivity contribution in [3.05, 3.63) is 18.2 Å². The molecule has 0 aliphatic rings. The number of hydrogen-bond donors (Lipinski definition) is 2. The average molecular weight is 356 g/mol. The summed E-state index contributed by atoms with van der Waals surface area (Å²) in [6.07, 6.45) is 0. The van der Waals surface area contributed by atoms with E-state index in [1.54, 1.807) is 32.7 Å². The first kappa shape index (κ1) is 18.7. The molecule has 0 amide bonds. The molecule has 120 valence electrons. The molecule has 0 unspecified atom stereocenters. The summed E-state index contributed by atoms with van der Waals surface area (Å²) >= 11 is 0. The Morgan fingerprint density at radius 2 is 1.19 bits per heavy atom. The van der Waals surface area contributed by atoms with Gasteiger partial charge >= 0.3 is 15.4 Å². The number of benzene rings is 1. The zero-order chi connectivity index (χ0) is 16.5. The molecule has 21 heavy (non-hydrogen) atoms.